The van der Waals surface area contributed by atoms with Crippen molar-refractivity contribution >= 4 is 11.9 Å². The van der Waals surface area contributed by atoms with Crippen molar-refractivity contribution in [1.82, 2.24) is 20.3 Å². The lowest BCUT2D eigenvalue weighted by Crippen LogP contribution is -2.39. The summed E-state index contributed by atoms with van der Waals surface area (Å²) in [5, 5.41) is 9.35. The molecule has 0 aliphatic carbocycles. The van der Waals surface area contributed by atoms with E-state index in [1.54, 1.807) is 6.92 Å². The van der Waals surface area contributed by atoms with Crippen molar-refractivity contribution in [2.45, 2.75) is 19.5 Å². The fourth-order valence-electron chi connectivity index (χ4n) is 0.942. The Labute approximate surface area is 85.6 Å². The molecule has 1 aromatic rings. The smallest absolute Gasteiger partial charge is 0.318 e. The minimum atomic E-state index is -0.897. The first-order chi connectivity index (χ1) is 7.04. The highest BCUT2D eigenvalue weighted by Gasteiger charge is 2.17. The van der Waals surface area contributed by atoms with Crippen LogP contribution < -0.4 is 16.8 Å². The molecule has 1 heterocycles. The van der Waals surface area contributed by atoms with E-state index in [2.05, 4.69) is 10.3 Å². The summed E-state index contributed by atoms with van der Waals surface area (Å²) >= 11 is 0. The first-order valence-electron chi connectivity index (χ1n) is 4.25. The molecule has 1 atom stereocenters. The Morgan fingerprint density at radius 3 is 2.80 bits per heavy atom. The van der Waals surface area contributed by atoms with Gasteiger partial charge in [-0.25, -0.2) is 9.48 Å². The molecule has 1 unspecified atom stereocenters. The summed E-state index contributed by atoms with van der Waals surface area (Å²) in [6, 6.07) is -1.56. The molecule has 0 bridgehead atoms. The highest BCUT2D eigenvalue weighted by molar-refractivity contribution is 5.95. The molecule has 5 N–H and O–H groups in total. The van der Waals surface area contributed by atoms with E-state index in [9.17, 15) is 9.59 Å². The molecular formula is C7H12N6O2. The van der Waals surface area contributed by atoms with Crippen LogP contribution in [0.2, 0.25) is 0 Å². The molecule has 0 aromatic carbocycles. The zero-order chi connectivity index (χ0) is 11.4. The van der Waals surface area contributed by atoms with Gasteiger partial charge in [-0.3, -0.25) is 10.1 Å². The van der Waals surface area contributed by atoms with E-state index in [1.165, 1.54) is 10.9 Å². The second kappa shape index (κ2) is 4.51. The lowest BCUT2D eigenvalue weighted by molar-refractivity contribution is -0.123. The molecule has 0 aliphatic rings. The van der Waals surface area contributed by atoms with Crippen LogP contribution in [0.4, 0.5) is 4.79 Å². The second-order valence-electron chi connectivity index (χ2n) is 2.92. The number of primary amides is 1. The SMILES string of the molecule is CC(C(=O)NC(N)=O)n1cc(CN)nn1. The number of amides is 3. The number of nitrogens with two attached hydrogens (primary N) is 2. The molecule has 82 valence electrons. The van der Waals surface area contributed by atoms with E-state index >= 15 is 0 Å². The molecule has 0 fully saturated rings. The van der Waals surface area contributed by atoms with Crippen LogP contribution >= 0.6 is 0 Å². The predicted octanol–water partition coefficient (Wildman–Crippen LogP) is -1.51. The van der Waals surface area contributed by atoms with Crippen molar-refractivity contribution in [3.05, 3.63) is 11.9 Å². The molecule has 3 amide bonds. The van der Waals surface area contributed by atoms with Gasteiger partial charge in [-0.1, -0.05) is 5.21 Å². The number of hydrogen-bond donors (Lipinski definition) is 3. The molecule has 0 spiro atoms. The number of urea groups is 1. The average molecular weight is 212 g/mol. The summed E-state index contributed by atoms with van der Waals surface area (Å²) in [6.07, 6.45) is 1.53. The van der Waals surface area contributed by atoms with Gasteiger partial charge in [0.25, 0.3) is 5.91 Å². The van der Waals surface area contributed by atoms with Gasteiger partial charge in [-0.15, -0.1) is 5.10 Å². The third-order valence-electron chi connectivity index (χ3n) is 1.79. The molecule has 1 rings (SSSR count). The van der Waals surface area contributed by atoms with Crippen molar-refractivity contribution in [3.8, 4) is 0 Å². The molecule has 0 aliphatic heterocycles. The number of carbonyl (C=O) groups excluding carboxylic acids is 2. The quantitative estimate of drug-likeness (QED) is 0.561. The van der Waals surface area contributed by atoms with Crippen molar-refractivity contribution in [1.29, 1.82) is 0 Å². The molecule has 8 nitrogen and oxygen atoms in total. The van der Waals surface area contributed by atoms with Gasteiger partial charge in [0.2, 0.25) is 0 Å². The Morgan fingerprint density at radius 2 is 2.33 bits per heavy atom. The molecule has 0 saturated heterocycles. The number of hydrogen-bond acceptors (Lipinski definition) is 5. The lowest BCUT2D eigenvalue weighted by atomic mass is 10.3. The van der Waals surface area contributed by atoms with Crippen LogP contribution in [-0.4, -0.2) is 26.9 Å². The zero-order valence-corrected chi connectivity index (χ0v) is 8.17. The maximum atomic E-state index is 11.3. The third-order valence-corrected chi connectivity index (χ3v) is 1.79. The maximum Gasteiger partial charge on any atom is 0.318 e. The standard InChI is InChI=1S/C7H12N6O2/c1-4(6(14)10-7(9)15)13-3-5(2-8)11-12-13/h3-4H,2,8H2,1H3,(H3,9,10,14,15). The third kappa shape index (κ3) is 2.74. The molecule has 15 heavy (non-hydrogen) atoms. The Hall–Kier alpha value is -1.96. The van der Waals surface area contributed by atoms with E-state index in [0.717, 1.165) is 0 Å². The first-order valence-corrected chi connectivity index (χ1v) is 4.25. The number of imide groups is 1. The zero-order valence-electron chi connectivity index (χ0n) is 8.17. The normalized spacial score (nSPS) is 12.1. The van der Waals surface area contributed by atoms with Crippen LogP contribution in [0.25, 0.3) is 0 Å². The summed E-state index contributed by atoms with van der Waals surface area (Å²) in [5.74, 6) is -0.545. The summed E-state index contributed by atoms with van der Waals surface area (Å²) in [7, 11) is 0. The maximum absolute atomic E-state index is 11.3. The monoisotopic (exact) mass is 212 g/mol. The Bertz CT molecular complexity index is 373. The van der Waals surface area contributed by atoms with Gasteiger partial charge in [0, 0.05) is 6.54 Å². The van der Waals surface area contributed by atoms with E-state index in [-0.39, 0.29) is 6.54 Å². The van der Waals surface area contributed by atoms with Gasteiger partial charge < -0.3 is 11.5 Å². The average Bonchev–Trinajstić information content (AvgIpc) is 2.63. The van der Waals surface area contributed by atoms with Gasteiger partial charge in [0.15, 0.2) is 0 Å². The Morgan fingerprint density at radius 1 is 1.67 bits per heavy atom. The van der Waals surface area contributed by atoms with Gasteiger partial charge in [-0.05, 0) is 6.92 Å². The molecule has 8 heteroatoms. The second-order valence-corrected chi connectivity index (χ2v) is 2.92. The van der Waals surface area contributed by atoms with Crippen LogP contribution in [0, 0.1) is 0 Å². The molecule has 0 radical (unpaired) electrons. The lowest BCUT2D eigenvalue weighted by Gasteiger charge is -2.09. The van der Waals surface area contributed by atoms with Crippen molar-refractivity contribution in [2.24, 2.45) is 11.5 Å². The van der Waals surface area contributed by atoms with Gasteiger partial charge in [0.1, 0.15) is 6.04 Å². The van der Waals surface area contributed by atoms with Crippen molar-refractivity contribution in [3.63, 3.8) is 0 Å². The highest BCUT2D eigenvalue weighted by atomic mass is 16.2. The largest absolute Gasteiger partial charge is 0.351 e. The highest BCUT2D eigenvalue weighted by Crippen LogP contribution is 2.03. The van der Waals surface area contributed by atoms with E-state index in [4.69, 9.17) is 11.5 Å². The summed E-state index contributed by atoms with van der Waals surface area (Å²) in [4.78, 5) is 21.8. The number of rotatable bonds is 3. The predicted molar refractivity (Wildman–Crippen MR) is 50.4 cm³/mol. The minimum Gasteiger partial charge on any atom is -0.351 e. The minimum absolute atomic E-state index is 0.240. The van der Waals surface area contributed by atoms with Crippen LogP contribution in [0.15, 0.2) is 6.20 Å². The van der Waals surface area contributed by atoms with Crippen LogP contribution in [0.5, 0.6) is 0 Å². The number of aromatic nitrogens is 3. The topological polar surface area (TPSA) is 129 Å². The fourth-order valence-corrected chi connectivity index (χ4v) is 0.942. The summed E-state index contributed by atoms with van der Waals surface area (Å²) in [6.45, 7) is 1.80. The van der Waals surface area contributed by atoms with Crippen LogP contribution in [0.3, 0.4) is 0 Å². The summed E-state index contributed by atoms with van der Waals surface area (Å²) in [5.41, 5.74) is 10.7. The summed E-state index contributed by atoms with van der Waals surface area (Å²) < 4.78 is 1.31. The number of nitrogens with one attached hydrogen (secondary N) is 1. The first kappa shape index (κ1) is 11.1. The molecular weight excluding hydrogens is 200 g/mol. The van der Waals surface area contributed by atoms with E-state index in [0.29, 0.717) is 5.69 Å². The Kier molecular flexibility index (Phi) is 3.34. The van der Waals surface area contributed by atoms with Gasteiger partial charge in [-0.2, -0.15) is 0 Å². The number of carbonyl (C=O) groups is 2. The molecule has 1 aromatic heterocycles. The van der Waals surface area contributed by atoms with E-state index < -0.39 is 18.0 Å². The fraction of sp³-hybridized carbons (Fsp3) is 0.429. The van der Waals surface area contributed by atoms with E-state index in [1.807, 2.05) is 5.32 Å². The van der Waals surface area contributed by atoms with Gasteiger partial charge in [0.05, 0.1) is 11.9 Å². The number of nitrogens with zero attached hydrogens (tertiary/aromatic N) is 3. The van der Waals surface area contributed by atoms with Crippen LogP contribution in [0.1, 0.15) is 18.7 Å². The Balaban J connectivity index is 2.71. The van der Waals surface area contributed by atoms with Gasteiger partial charge >= 0.3 is 6.03 Å². The molecule has 0 saturated carbocycles. The van der Waals surface area contributed by atoms with Crippen LogP contribution in [-0.2, 0) is 11.3 Å². The van der Waals surface area contributed by atoms with Crippen molar-refractivity contribution in [2.75, 3.05) is 0 Å². The van der Waals surface area contributed by atoms with Crippen molar-refractivity contribution < 1.29 is 9.59 Å².